The lowest BCUT2D eigenvalue weighted by Gasteiger charge is -2.70. The van der Waals surface area contributed by atoms with Gasteiger partial charge in [-0.05, 0) is 136 Å². The molecule has 8 aliphatic carbocycles. The van der Waals surface area contributed by atoms with E-state index in [-0.39, 0.29) is 84.5 Å². The maximum absolute atomic E-state index is 14.0. The molecule has 6 unspecified atom stereocenters. The highest BCUT2D eigenvalue weighted by molar-refractivity contribution is 5.93. The van der Waals surface area contributed by atoms with E-state index in [0.29, 0.717) is 50.4 Å². The summed E-state index contributed by atoms with van der Waals surface area (Å²) in [4.78, 5) is 51.9. The van der Waals surface area contributed by atoms with Crippen LogP contribution in [0.4, 0.5) is 0 Å². The van der Waals surface area contributed by atoms with Gasteiger partial charge in [-0.25, -0.2) is 0 Å². The van der Waals surface area contributed by atoms with Gasteiger partial charge in [-0.15, -0.1) is 0 Å². The molecule has 0 aromatic heterocycles. The molecule has 298 valence electrons. The zero-order chi connectivity index (χ0) is 39.0. The van der Waals surface area contributed by atoms with Gasteiger partial charge in [0, 0.05) is 41.4 Å². The minimum atomic E-state index is -1.28. The first-order valence-corrected chi connectivity index (χ1v) is 21.2. The highest BCUT2D eigenvalue weighted by Crippen LogP contribution is 2.78. The highest BCUT2D eigenvalue weighted by atomic mass is 16.5. The van der Waals surface area contributed by atoms with Crippen LogP contribution in [0.25, 0.3) is 0 Å². The molecule has 0 aliphatic heterocycles. The monoisotopic (exact) mass is 748 g/mol. The molecule has 0 aromatic rings. The van der Waals surface area contributed by atoms with Gasteiger partial charge in [0.25, 0.3) is 0 Å². The summed E-state index contributed by atoms with van der Waals surface area (Å²) < 4.78 is 5.96. The smallest absolute Gasteiger partial charge is 0.307 e. The average Bonchev–Trinajstić information content (AvgIpc) is 3.55. The van der Waals surface area contributed by atoms with Crippen LogP contribution in [0.15, 0.2) is 23.3 Å². The molecule has 4 N–H and O–H groups in total. The van der Waals surface area contributed by atoms with Crippen LogP contribution in [0, 0.1) is 74.4 Å². The molecule has 6 saturated carbocycles. The van der Waals surface area contributed by atoms with E-state index in [9.17, 15) is 39.6 Å². The molecule has 0 saturated heterocycles. The Morgan fingerprint density at radius 3 is 2.13 bits per heavy atom. The fourth-order valence-electron chi connectivity index (χ4n) is 16.9. The minimum Gasteiger partial charge on any atom is -0.481 e. The van der Waals surface area contributed by atoms with Gasteiger partial charge < -0.3 is 25.2 Å². The molecule has 9 nitrogen and oxygen atoms in total. The molecule has 0 spiro atoms. The summed E-state index contributed by atoms with van der Waals surface area (Å²) in [5.41, 5.74) is -2.63. The third-order valence-corrected chi connectivity index (χ3v) is 19.0. The largest absolute Gasteiger partial charge is 0.481 e. The number of carbonyl (C=O) groups excluding carboxylic acids is 3. The molecule has 0 bridgehead atoms. The molecule has 0 heterocycles. The van der Waals surface area contributed by atoms with Crippen molar-refractivity contribution in [3.8, 4) is 0 Å². The van der Waals surface area contributed by atoms with Gasteiger partial charge in [-0.3, -0.25) is 19.2 Å². The van der Waals surface area contributed by atoms with E-state index < -0.39 is 45.3 Å². The number of rotatable bonds is 6. The Morgan fingerprint density at radius 1 is 0.833 bits per heavy atom. The lowest BCUT2D eigenvalue weighted by molar-refractivity contribution is -0.257. The van der Waals surface area contributed by atoms with Crippen molar-refractivity contribution in [2.24, 2.45) is 74.4 Å². The summed E-state index contributed by atoms with van der Waals surface area (Å²) in [5, 5.41) is 47.3. The van der Waals surface area contributed by atoms with Gasteiger partial charge >= 0.3 is 11.9 Å². The molecular weight excluding hydrogens is 684 g/mol. The number of esters is 1. The first-order valence-electron chi connectivity index (χ1n) is 21.2. The number of aliphatic carboxylic acids is 1. The quantitative estimate of drug-likeness (QED) is 0.220. The van der Waals surface area contributed by atoms with Crippen LogP contribution < -0.4 is 0 Å². The molecule has 0 aromatic carbocycles. The molecule has 54 heavy (non-hydrogen) atoms. The third kappa shape index (κ3) is 4.73. The van der Waals surface area contributed by atoms with E-state index in [1.54, 1.807) is 6.08 Å². The van der Waals surface area contributed by atoms with Gasteiger partial charge in [0.05, 0.1) is 24.7 Å². The molecule has 8 aliphatic rings. The summed E-state index contributed by atoms with van der Waals surface area (Å²) in [5.74, 6) is -0.327. The number of ketones is 2. The summed E-state index contributed by atoms with van der Waals surface area (Å²) in [6.45, 7) is 12.4. The lowest BCUT2D eigenvalue weighted by atomic mass is 9.34. The Labute approximate surface area is 320 Å². The van der Waals surface area contributed by atoms with Crippen LogP contribution in [-0.4, -0.2) is 68.3 Å². The Balaban J connectivity index is 1.23. The van der Waals surface area contributed by atoms with Crippen LogP contribution in [0.1, 0.15) is 131 Å². The van der Waals surface area contributed by atoms with Gasteiger partial charge in [-0.1, -0.05) is 45.8 Å². The van der Waals surface area contributed by atoms with Crippen LogP contribution in [-0.2, 0) is 23.9 Å². The zero-order valence-electron chi connectivity index (χ0n) is 33.4. The Kier molecular flexibility index (Phi) is 8.96. The highest BCUT2D eigenvalue weighted by Gasteiger charge is 2.77. The van der Waals surface area contributed by atoms with E-state index in [0.717, 1.165) is 43.3 Å². The third-order valence-electron chi connectivity index (χ3n) is 19.0. The van der Waals surface area contributed by atoms with Gasteiger partial charge in [0.2, 0.25) is 0 Å². The fraction of sp³-hybridized carbons (Fsp3) is 0.822. The predicted molar refractivity (Wildman–Crippen MR) is 201 cm³/mol. The first-order chi connectivity index (χ1) is 25.3. The summed E-state index contributed by atoms with van der Waals surface area (Å²) >= 11 is 0. The van der Waals surface area contributed by atoms with E-state index >= 15 is 0 Å². The number of carbonyl (C=O) groups is 4. The normalized spacial score (nSPS) is 51.3. The SMILES string of the molecule is CC(=O)OC(CC(=O)O)[C@]12CCC(=O)C=C1CC(C)[C@@H]1[C@H]2CC[C@@]2(C)[C@H]1CCC2(O)C1(C)CC(=O)C=C2CC(C)[C@@H]3[C@@H](CC[C@]4(C)C(O)CC[C@@H]34)[C@]21CO. The van der Waals surface area contributed by atoms with Crippen LogP contribution in [0.5, 0.6) is 0 Å². The van der Waals surface area contributed by atoms with Gasteiger partial charge in [0.1, 0.15) is 6.10 Å². The molecule has 0 amide bonds. The van der Waals surface area contributed by atoms with Crippen molar-refractivity contribution >= 4 is 23.5 Å². The topological polar surface area (TPSA) is 158 Å². The Bertz CT molecular complexity index is 1680. The second kappa shape index (κ2) is 12.6. The minimum absolute atomic E-state index is 0.0258. The van der Waals surface area contributed by atoms with Crippen LogP contribution >= 0.6 is 0 Å². The zero-order valence-corrected chi connectivity index (χ0v) is 33.4. The van der Waals surface area contributed by atoms with Crippen molar-refractivity contribution in [2.75, 3.05) is 6.61 Å². The first kappa shape index (κ1) is 38.5. The van der Waals surface area contributed by atoms with Crippen LogP contribution in [0.3, 0.4) is 0 Å². The van der Waals surface area contributed by atoms with Crippen molar-refractivity contribution < 1.29 is 44.3 Å². The van der Waals surface area contributed by atoms with Crippen molar-refractivity contribution in [1.82, 2.24) is 0 Å². The number of carboxylic acid groups (broad SMARTS) is 1. The molecule has 8 rings (SSSR count). The van der Waals surface area contributed by atoms with Crippen molar-refractivity contribution in [3.63, 3.8) is 0 Å². The number of carboxylic acids is 1. The number of ether oxygens (including phenoxy) is 1. The van der Waals surface area contributed by atoms with E-state index in [1.165, 1.54) is 6.92 Å². The second-order valence-corrected chi connectivity index (χ2v) is 20.6. The maximum Gasteiger partial charge on any atom is 0.307 e. The van der Waals surface area contributed by atoms with Crippen molar-refractivity contribution in [3.05, 3.63) is 23.3 Å². The summed E-state index contributed by atoms with van der Waals surface area (Å²) in [6, 6.07) is 0. The number of hydrogen-bond acceptors (Lipinski definition) is 8. The average molecular weight is 749 g/mol. The molecule has 16 atom stereocenters. The summed E-state index contributed by atoms with van der Waals surface area (Å²) in [7, 11) is 0. The van der Waals surface area contributed by atoms with E-state index in [1.807, 2.05) is 6.08 Å². The molecule has 6 fully saturated rings. The summed E-state index contributed by atoms with van der Waals surface area (Å²) in [6.07, 6.45) is 10.2. The van der Waals surface area contributed by atoms with Crippen LogP contribution in [0.2, 0.25) is 0 Å². The number of aliphatic hydroxyl groups excluding tert-OH is 2. The number of hydrogen-bond donors (Lipinski definition) is 4. The lowest BCUT2D eigenvalue weighted by Crippen LogP contribution is -2.71. The molecular formula is C45H64O9. The van der Waals surface area contributed by atoms with Gasteiger partial charge in [-0.2, -0.15) is 0 Å². The fourth-order valence-corrected chi connectivity index (χ4v) is 16.9. The number of fused-ring (bicyclic) bond motifs is 10. The maximum atomic E-state index is 14.0. The Hall–Kier alpha value is -2.36. The van der Waals surface area contributed by atoms with E-state index in [2.05, 4.69) is 34.6 Å². The number of aliphatic hydroxyl groups is 3. The molecule has 9 heteroatoms. The van der Waals surface area contributed by atoms with Crippen molar-refractivity contribution in [2.45, 2.75) is 149 Å². The van der Waals surface area contributed by atoms with Gasteiger partial charge in [0.15, 0.2) is 11.6 Å². The second-order valence-electron chi connectivity index (χ2n) is 20.6. The van der Waals surface area contributed by atoms with Crippen molar-refractivity contribution in [1.29, 1.82) is 0 Å². The molecule has 0 radical (unpaired) electrons. The predicted octanol–water partition coefficient (Wildman–Crippen LogP) is 6.61. The Morgan fingerprint density at radius 2 is 1.46 bits per heavy atom. The standard InChI is InChI=1S/C45H64O9/c1-24-17-27-19-29(48)9-15-43(27,36(21-37(51)52)54-26(3)47)33-11-14-41(5)32(39(24)33)12-16-45(41,53)42(6)22-30(49)20-28-18-25(2)38-31-7-8-35(50)40(31,4)13-10-34(38)44(28,42)23-46/h19-20,24-25,31-36,38-39,46,50,53H,7-18,21-23H2,1-6H3,(H,51,52)/t24?,25?,31-,32-,33+,34+,35?,36?,38-,39-,40-,41-,42?,43+,44-,45?/m0/s1. The van der Waals surface area contributed by atoms with E-state index in [4.69, 9.17) is 4.74 Å².